The van der Waals surface area contributed by atoms with Gasteiger partial charge in [-0.1, -0.05) is 79.6 Å². The molecule has 7 rings (SSSR count). The molecule has 0 N–H and O–H groups in total. The SMILES string of the molecule is CCCCOc1ccc(-c2ccc(-c3ccc(-c4ccc(-c5ccc(-c6ccc(C)cc6)s5)c5nsnc45)cc3)s2)cc1. The number of rotatable bonds is 9. The van der Waals surface area contributed by atoms with E-state index in [1.807, 2.05) is 11.3 Å². The molecule has 0 radical (unpaired) electrons. The van der Waals surface area contributed by atoms with Crippen molar-refractivity contribution in [2.24, 2.45) is 0 Å². The van der Waals surface area contributed by atoms with E-state index in [4.69, 9.17) is 13.5 Å². The molecule has 4 aromatic carbocycles. The lowest BCUT2D eigenvalue weighted by Crippen LogP contribution is -1.95. The predicted molar refractivity (Wildman–Crippen MR) is 185 cm³/mol. The highest BCUT2D eigenvalue weighted by Gasteiger charge is 2.16. The molecule has 0 amide bonds. The normalized spacial score (nSPS) is 11.3. The molecular formula is C37H30N2OS3. The molecule has 0 atom stereocenters. The van der Waals surface area contributed by atoms with E-state index in [-0.39, 0.29) is 0 Å². The summed E-state index contributed by atoms with van der Waals surface area (Å²) in [5.74, 6) is 0.935. The smallest absolute Gasteiger partial charge is 0.119 e. The molecule has 0 spiro atoms. The van der Waals surface area contributed by atoms with Crippen molar-refractivity contribution < 1.29 is 4.74 Å². The summed E-state index contributed by atoms with van der Waals surface area (Å²) in [5, 5.41) is 0. The second-order valence-electron chi connectivity index (χ2n) is 10.6. The van der Waals surface area contributed by atoms with Crippen LogP contribution in [0.2, 0.25) is 0 Å². The van der Waals surface area contributed by atoms with Crippen molar-refractivity contribution in [1.29, 1.82) is 0 Å². The molecule has 212 valence electrons. The van der Waals surface area contributed by atoms with Crippen LogP contribution in [0.1, 0.15) is 25.3 Å². The summed E-state index contributed by atoms with van der Waals surface area (Å²) < 4.78 is 15.3. The van der Waals surface area contributed by atoms with Crippen LogP contribution in [0.5, 0.6) is 5.75 Å². The first-order chi connectivity index (χ1) is 21.2. The lowest BCUT2D eigenvalue weighted by molar-refractivity contribution is 0.309. The Kier molecular flexibility index (Phi) is 7.90. The Morgan fingerprint density at radius 2 is 1.02 bits per heavy atom. The van der Waals surface area contributed by atoms with Crippen molar-refractivity contribution >= 4 is 45.4 Å². The molecule has 0 fully saturated rings. The zero-order valence-corrected chi connectivity index (χ0v) is 26.5. The van der Waals surface area contributed by atoms with Crippen molar-refractivity contribution in [2.75, 3.05) is 6.61 Å². The van der Waals surface area contributed by atoms with Crippen molar-refractivity contribution in [1.82, 2.24) is 8.75 Å². The molecule has 43 heavy (non-hydrogen) atoms. The number of unbranched alkanes of at least 4 members (excludes halogenated alkanes) is 1. The second kappa shape index (κ2) is 12.3. The molecule has 0 unspecified atom stereocenters. The number of fused-ring (bicyclic) bond motifs is 1. The van der Waals surface area contributed by atoms with Gasteiger partial charge in [-0.05, 0) is 84.1 Å². The number of hydrogen-bond acceptors (Lipinski definition) is 6. The van der Waals surface area contributed by atoms with Gasteiger partial charge in [0.15, 0.2) is 0 Å². The van der Waals surface area contributed by atoms with Crippen molar-refractivity contribution in [3.05, 3.63) is 115 Å². The van der Waals surface area contributed by atoms with Gasteiger partial charge in [0.1, 0.15) is 16.8 Å². The lowest BCUT2D eigenvalue weighted by Gasteiger charge is -2.07. The summed E-state index contributed by atoms with van der Waals surface area (Å²) in [7, 11) is 0. The van der Waals surface area contributed by atoms with Crippen LogP contribution in [0, 0.1) is 6.92 Å². The van der Waals surface area contributed by atoms with E-state index < -0.39 is 0 Å². The van der Waals surface area contributed by atoms with Gasteiger partial charge in [-0.3, -0.25) is 0 Å². The monoisotopic (exact) mass is 614 g/mol. The minimum atomic E-state index is 0.771. The van der Waals surface area contributed by atoms with Gasteiger partial charge in [0.05, 0.1) is 18.3 Å². The van der Waals surface area contributed by atoms with Crippen molar-refractivity contribution in [3.8, 4) is 58.6 Å². The zero-order chi connectivity index (χ0) is 29.2. The summed E-state index contributed by atoms with van der Waals surface area (Å²) in [6.45, 7) is 5.07. The highest BCUT2D eigenvalue weighted by molar-refractivity contribution is 7.19. The number of ether oxygens (including phenoxy) is 1. The third-order valence-corrected chi connectivity index (χ3v) is 10.5. The summed E-state index contributed by atoms with van der Waals surface area (Å²) in [5.41, 5.74) is 10.3. The highest BCUT2D eigenvalue weighted by Crippen LogP contribution is 2.41. The maximum Gasteiger partial charge on any atom is 0.119 e. The van der Waals surface area contributed by atoms with Crippen LogP contribution in [0.25, 0.3) is 63.9 Å². The number of hydrogen-bond donors (Lipinski definition) is 0. The molecule has 6 heteroatoms. The van der Waals surface area contributed by atoms with Crippen LogP contribution in [0.15, 0.2) is 109 Å². The average Bonchev–Trinajstić information content (AvgIpc) is 3.83. The van der Waals surface area contributed by atoms with Crippen LogP contribution in [-0.4, -0.2) is 15.4 Å². The first-order valence-corrected chi connectivity index (χ1v) is 16.9. The zero-order valence-electron chi connectivity index (χ0n) is 24.0. The van der Waals surface area contributed by atoms with Crippen molar-refractivity contribution in [2.45, 2.75) is 26.7 Å². The Morgan fingerprint density at radius 1 is 0.535 bits per heavy atom. The van der Waals surface area contributed by atoms with E-state index in [2.05, 4.69) is 123 Å². The number of benzene rings is 4. The Bertz CT molecular complexity index is 1980. The van der Waals surface area contributed by atoms with Gasteiger partial charge < -0.3 is 4.74 Å². The van der Waals surface area contributed by atoms with Crippen LogP contribution < -0.4 is 4.74 Å². The van der Waals surface area contributed by atoms with Crippen LogP contribution in [0.4, 0.5) is 0 Å². The summed E-state index contributed by atoms with van der Waals surface area (Å²) in [6, 6.07) is 39.2. The fourth-order valence-corrected chi connectivity index (χ4v) is 7.79. The highest BCUT2D eigenvalue weighted by atomic mass is 32.1. The molecule has 0 bridgehead atoms. The number of nitrogens with zero attached hydrogens (tertiary/aromatic N) is 2. The van der Waals surface area contributed by atoms with Gasteiger partial charge >= 0.3 is 0 Å². The third-order valence-electron chi connectivity index (χ3n) is 7.61. The fourth-order valence-electron chi connectivity index (χ4n) is 5.17. The van der Waals surface area contributed by atoms with E-state index in [0.717, 1.165) is 52.9 Å². The van der Waals surface area contributed by atoms with E-state index in [0.29, 0.717) is 0 Å². The average molecular weight is 615 g/mol. The number of aryl methyl sites for hydroxylation is 1. The molecule has 3 aromatic heterocycles. The maximum atomic E-state index is 5.83. The molecule has 3 nitrogen and oxygen atoms in total. The van der Waals surface area contributed by atoms with Gasteiger partial charge in [0.25, 0.3) is 0 Å². The third kappa shape index (κ3) is 5.78. The first-order valence-electron chi connectivity index (χ1n) is 14.5. The van der Waals surface area contributed by atoms with E-state index in [9.17, 15) is 0 Å². The maximum absolute atomic E-state index is 5.83. The molecule has 0 aliphatic heterocycles. The van der Waals surface area contributed by atoms with Crippen LogP contribution >= 0.6 is 34.4 Å². The van der Waals surface area contributed by atoms with Crippen LogP contribution in [-0.2, 0) is 0 Å². The first kappa shape index (κ1) is 27.7. The van der Waals surface area contributed by atoms with Gasteiger partial charge in [-0.2, -0.15) is 8.75 Å². The number of aromatic nitrogens is 2. The standard InChI is InChI=1S/C37H30N2OS3/c1-3-4-23-40-29-15-13-28(14-16-29)33-20-19-32(41-33)27-11-9-25(10-12-27)30-17-18-31(37-36(30)38-43-39-37)35-22-21-34(42-35)26-7-5-24(2)6-8-26/h5-22H,3-4,23H2,1-2H3. The minimum Gasteiger partial charge on any atom is -0.494 e. The molecule has 0 saturated carbocycles. The Morgan fingerprint density at radius 3 is 1.65 bits per heavy atom. The summed E-state index contributed by atoms with van der Waals surface area (Å²) in [4.78, 5) is 4.98. The van der Waals surface area contributed by atoms with E-state index >= 15 is 0 Å². The fraction of sp³-hybridized carbons (Fsp3) is 0.135. The predicted octanol–water partition coefficient (Wildman–Crippen LogP) is 11.6. The molecular weight excluding hydrogens is 585 g/mol. The summed E-state index contributed by atoms with van der Waals surface area (Å²) >= 11 is 4.89. The molecule has 7 aromatic rings. The Hall–Kier alpha value is -4.10. The largest absolute Gasteiger partial charge is 0.494 e. The Balaban J connectivity index is 1.11. The van der Waals surface area contributed by atoms with E-state index in [1.54, 1.807) is 11.3 Å². The number of thiophene rings is 2. The van der Waals surface area contributed by atoms with Gasteiger partial charge in [0.2, 0.25) is 0 Å². The second-order valence-corrected chi connectivity index (χ2v) is 13.3. The van der Waals surface area contributed by atoms with Crippen molar-refractivity contribution in [3.63, 3.8) is 0 Å². The van der Waals surface area contributed by atoms with Gasteiger partial charge in [-0.25, -0.2) is 0 Å². The molecule has 3 heterocycles. The minimum absolute atomic E-state index is 0.771. The van der Waals surface area contributed by atoms with Gasteiger partial charge in [-0.15, -0.1) is 22.7 Å². The lowest BCUT2D eigenvalue weighted by atomic mass is 9.99. The Labute approximate surface area is 264 Å². The topological polar surface area (TPSA) is 35.0 Å². The van der Waals surface area contributed by atoms with E-state index in [1.165, 1.54) is 53.5 Å². The van der Waals surface area contributed by atoms with Gasteiger partial charge in [0, 0.05) is 30.6 Å². The molecule has 0 saturated heterocycles. The molecule has 0 aliphatic carbocycles. The van der Waals surface area contributed by atoms with Crippen LogP contribution in [0.3, 0.4) is 0 Å². The quantitative estimate of drug-likeness (QED) is 0.152. The summed E-state index contributed by atoms with van der Waals surface area (Å²) in [6.07, 6.45) is 2.22. The molecule has 0 aliphatic rings.